The molecule has 1 amide bonds. The van der Waals surface area contributed by atoms with Crippen molar-refractivity contribution in [2.24, 2.45) is 0 Å². The van der Waals surface area contributed by atoms with Gasteiger partial charge < -0.3 is 20.2 Å². The van der Waals surface area contributed by atoms with Crippen molar-refractivity contribution in [3.05, 3.63) is 23.3 Å². The summed E-state index contributed by atoms with van der Waals surface area (Å²) in [5.41, 5.74) is 6.26. The molecule has 11 nitrogen and oxygen atoms in total. The molecule has 0 aromatic carbocycles. The minimum atomic E-state index is -4.79. The number of nitrogens with two attached hydrogens (primary N) is 1. The molecule has 4 rings (SSSR count). The molecule has 3 aromatic rings. The first kappa shape index (κ1) is 22.7. The van der Waals surface area contributed by atoms with E-state index in [4.69, 9.17) is 15.3 Å². The summed E-state index contributed by atoms with van der Waals surface area (Å²) in [5, 5.41) is 3.47. The van der Waals surface area contributed by atoms with Crippen molar-refractivity contribution in [2.45, 2.75) is 19.1 Å². The van der Waals surface area contributed by atoms with Crippen LogP contribution in [0.1, 0.15) is 12.6 Å². The topological polar surface area (TPSA) is 132 Å². The fourth-order valence-corrected chi connectivity index (χ4v) is 4.07. The average Bonchev–Trinajstić information content (AvgIpc) is 3.21. The maximum Gasteiger partial charge on any atom is 0.435 e. The number of hydroxylamine groups is 2. The van der Waals surface area contributed by atoms with E-state index in [9.17, 15) is 18.0 Å². The molecule has 0 saturated carbocycles. The standard InChI is InChI=1S/C18H19F3N8O3S/c1-9-7-28(5-6-29(9)14-12-15(33-8-23-12)27-16(22)26-14)32-17(30)24-10-3-4-11(31-2)25-13(10)18(19,20)21/h3-4,8-9H,5-7H2,1-2H3,(H,24,30)(H2,22,26,27)/t9-/m0/s1. The van der Waals surface area contributed by atoms with Crippen LogP contribution >= 0.6 is 11.3 Å². The highest BCUT2D eigenvalue weighted by atomic mass is 32.1. The zero-order chi connectivity index (χ0) is 23.8. The first-order valence-corrected chi connectivity index (χ1v) is 10.5. The van der Waals surface area contributed by atoms with E-state index in [2.05, 4.69) is 25.3 Å². The summed E-state index contributed by atoms with van der Waals surface area (Å²) in [4.78, 5) is 36.3. The number of rotatable bonds is 4. The van der Waals surface area contributed by atoms with Crippen LogP contribution in [-0.4, -0.2) is 63.9 Å². The summed E-state index contributed by atoms with van der Waals surface area (Å²) < 4.78 is 44.6. The molecular weight excluding hydrogens is 465 g/mol. The highest BCUT2D eigenvalue weighted by Gasteiger charge is 2.37. The lowest BCUT2D eigenvalue weighted by Crippen LogP contribution is -2.53. The Morgan fingerprint density at radius 1 is 1.27 bits per heavy atom. The molecule has 0 bridgehead atoms. The Labute approximate surface area is 189 Å². The van der Waals surface area contributed by atoms with E-state index in [0.717, 1.165) is 6.07 Å². The molecule has 1 atom stereocenters. The summed E-state index contributed by atoms with van der Waals surface area (Å²) in [6.45, 7) is 2.85. The van der Waals surface area contributed by atoms with Gasteiger partial charge >= 0.3 is 12.3 Å². The van der Waals surface area contributed by atoms with E-state index in [0.29, 0.717) is 22.7 Å². The van der Waals surface area contributed by atoms with Crippen LogP contribution in [-0.2, 0) is 11.0 Å². The number of hydrogen-bond donors (Lipinski definition) is 2. The van der Waals surface area contributed by atoms with Gasteiger partial charge in [0, 0.05) is 18.7 Å². The number of halogens is 3. The molecule has 1 aliphatic rings. The number of nitrogen functional groups attached to an aromatic ring is 1. The molecule has 0 unspecified atom stereocenters. The third-order valence-electron chi connectivity index (χ3n) is 4.86. The third-order valence-corrected chi connectivity index (χ3v) is 5.57. The van der Waals surface area contributed by atoms with Crippen LogP contribution in [0.4, 0.5) is 35.4 Å². The van der Waals surface area contributed by atoms with E-state index in [-0.39, 0.29) is 31.0 Å². The zero-order valence-electron chi connectivity index (χ0n) is 17.5. The highest BCUT2D eigenvalue weighted by Crippen LogP contribution is 2.35. The van der Waals surface area contributed by atoms with Gasteiger partial charge in [0.25, 0.3) is 0 Å². The SMILES string of the molecule is COc1ccc(NC(=O)ON2CCN(c3nc(N)nc4scnc34)[C@@H](C)C2)c(C(F)(F)F)n1. The second-order valence-corrected chi connectivity index (χ2v) is 7.93. The van der Waals surface area contributed by atoms with Crippen LogP contribution < -0.4 is 20.7 Å². The lowest BCUT2D eigenvalue weighted by Gasteiger charge is -2.39. The lowest BCUT2D eigenvalue weighted by molar-refractivity contribution is -0.140. The third kappa shape index (κ3) is 4.83. The van der Waals surface area contributed by atoms with Crippen molar-refractivity contribution in [1.82, 2.24) is 25.0 Å². The quantitative estimate of drug-likeness (QED) is 0.570. The van der Waals surface area contributed by atoms with Gasteiger partial charge in [-0.25, -0.2) is 19.7 Å². The number of methoxy groups -OCH3 is 1. The number of fused-ring (bicyclic) bond motifs is 1. The van der Waals surface area contributed by atoms with Crippen LogP contribution in [0.3, 0.4) is 0 Å². The summed E-state index contributed by atoms with van der Waals surface area (Å²) in [6.07, 6.45) is -5.86. The molecule has 0 spiro atoms. The number of piperazine rings is 1. The normalized spacial score (nSPS) is 17.2. The Morgan fingerprint density at radius 3 is 2.76 bits per heavy atom. The number of thiazole rings is 1. The number of pyridine rings is 1. The van der Waals surface area contributed by atoms with Gasteiger partial charge in [0.15, 0.2) is 16.3 Å². The van der Waals surface area contributed by atoms with Crippen LogP contribution in [0.2, 0.25) is 0 Å². The van der Waals surface area contributed by atoms with Gasteiger partial charge in [0.05, 0.1) is 31.4 Å². The van der Waals surface area contributed by atoms with Crippen LogP contribution in [0.15, 0.2) is 17.6 Å². The van der Waals surface area contributed by atoms with Crippen LogP contribution in [0.25, 0.3) is 10.3 Å². The van der Waals surface area contributed by atoms with Gasteiger partial charge in [-0.15, -0.1) is 16.4 Å². The fraction of sp³-hybridized carbons (Fsp3) is 0.389. The molecule has 176 valence electrons. The molecule has 33 heavy (non-hydrogen) atoms. The molecular formula is C18H19F3N8O3S. The Balaban J connectivity index is 1.43. The summed E-state index contributed by atoms with van der Waals surface area (Å²) in [6, 6.07) is 2.09. The van der Waals surface area contributed by atoms with E-state index in [1.807, 2.05) is 11.8 Å². The minimum Gasteiger partial charge on any atom is -0.481 e. The zero-order valence-corrected chi connectivity index (χ0v) is 18.3. The summed E-state index contributed by atoms with van der Waals surface area (Å²) >= 11 is 1.35. The molecule has 4 heterocycles. The second kappa shape index (κ2) is 8.82. The number of anilines is 3. The molecule has 15 heteroatoms. The number of carbonyl (C=O) groups excluding carboxylic acids is 1. The number of alkyl halides is 3. The fourth-order valence-electron chi connectivity index (χ4n) is 3.41. The molecule has 3 N–H and O–H groups in total. The Bertz CT molecular complexity index is 1170. The predicted molar refractivity (Wildman–Crippen MR) is 114 cm³/mol. The second-order valence-electron chi connectivity index (χ2n) is 7.09. The lowest BCUT2D eigenvalue weighted by atomic mass is 10.2. The molecule has 1 saturated heterocycles. The smallest absolute Gasteiger partial charge is 0.435 e. The van der Waals surface area contributed by atoms with Crippen LogP contribution in [0.5, 0.6) is 5.88 Å². The number of hydrogen-bond acceptors (Lipinski definition) is 11. The number of amides is 1. The minimum absolute atomic E-state index is 0.126. The number of ether oxygens (including phenoxy) is 1. The number of nitrogens with zero attached hydrogens (tertiary/aromatic N) is 6. The number of carbonyl (C=O) groups is 1. The van der Waals surface area contributed by atoms with Crippen molar-refractivity contribution in [2.75, 3.05) is 42.7 Å². The van der Waals surface area contributed by atoms with Crippen molar-refractivity contribution >= 4 is 45.2 Å². The van der Waals surface area contributed by atoms with Crippen molar-refractivity contribution in [3.63, 3.8) is 0 Å². The van der Waals surface area contributed by atoms with Crippen molar-refractivity contribution < 1.29 is 27.5 Å². The Hall–Kier alpha value is -3.46. The monoisotopic (exact) mass is 484 g/mol. The molecule has 0 aliphatic carbocycles. The summed E-state index contributed by atoms with van der Waals surface area (Å²) in [7, 11) is 1.19. The maximum absolute atomic E-state index is 13.3. The van der Waals surface area contributed by atoms with Gasteiger partial charge in [-0.2, -0.15) is 18.2 Å². The van der Waals surface area contributed by atoms with E-state index in [1.54, 1.807) is 5.51 Å². The maximum atomic E-state index is 13.3. The first-order valence-electron chi connectivity index (χ1n) is 9.65. The van der Waals surface area contributed by atoms with Gasteiger partial charge in [-0.05, 0) is 13.0 Å². The van der Waals surface area contributed by atoms with E-state index >= 15 is 0 Å². The van der Waals surface area contributed by atoms with E-state index < -0.39 is 23.7 Å². The van der Waals surface area contributed by atoms with Gasteiger partial charge in [0.2, 0.25) is 11.8 Å². The number of nitrogens with one attached hydrogen (secondary N) is 1. The van der Waals surface area contributed by atoms with Gasteiger partial charge in [-0.1, -0.05) is 0 Å². The molecule has 3 aromatic heterocycles. The van der Waals surface area contributed by atoms with Gasteiger partial charge in [0.1, 0.15) is 5.52 Å². The average molecular weight is 484 g/mol. The highest BCUT2D eigenvalue weighted by molar-refractivity contribution is 7.16. The largest absolute Gasteiger partial charge is 0.481 e. The number of aromatic nitrogens is 4. The molecule has 1 aliphatic heterocycles. The molecule has 1 fully saturated rings. The summed E-state index contributed by atoms with van der Waals surface area (Å²) in [5.74, 6) is 0.473. The van der Waals surface area contributed by atoms with Gasteiger partial charge in [-0.3, -0.25) is 5.32 Å². The van der Waals surface area contributed by atoms with Crippen LogP contribution in [0, 0.1) is 0 Å². The van der Waals surface area contributed by atoms with Crippen molar-refractivity contribution in [3.8, 4) is 5.88 Å². The Kier molecular flexibility index (Phi) is 6.07. The predicted octanol–water partition coefficient (Wildman–Crippen LogP) is 2.77. The molecule has 0 radical (unpaired) electrons. The first-order chi connectivity index (χ1) is 15.7. The Morgan fingerprint density at radius 2 is 2.06 bits per heavy atom. The van der Waals surface area contributed by atoms with Crippen molar-refractivity contribution in [1.29, 1.82) is 0 Å². The van der Waals surface area contributed by atoms with E-state index in [1.165, 1.54) is 29.6 Å².